The normalized spacial score (nSPS) is 11.5. The third kappa shape index (κ3) is 3.55. The Morgan fingerprint density at radius 3 is 2.41 bits per heavy atom. The smallest absolute Gasteiger partial charge is 0.354 e. The maximum atomic E-state index is 12.7. The first-order chi connectivity index (χ1) is 12.9. The molecule has 0 unspecified atom stereocenters. The standard InChI is InChI=1S/C20H21NO5S/c1-14-17-10-9-15(25-2)13-18(17)21(19(14)20(22)26-3)11-12-27(23,24)16-7-5-4-6-8-16/h4-10,13H,11-12H2,1-3H3. The van der Waals surface area contributed by atoms with Crippen LogP contribution in [0, 0.1) is 6.92 Å². The van der Waals surface area contributed by atoms with Crippen LogP contribution in [0.3, 0.4) is 0 Å². The minimum atomic E-state index is -3.49. The molecule has 0 N–H and O–H groups in total. The fourth-order valence-electron chi connectivity index (χ4n) is 3.18. The van der Waals surface area contributed by atoms with Crippen molar-refractivity contribution >= 4 is 26.7 Å². The molecule has 6 nitrogen and oxygen atoms in total. The zero-order chi connectivity index (χ0) is 19.6. The molecule has 0 saturated carbocycles. The van der Waals surface area contributed by atoms with Gasteiger partial charge in [0.25, 0.3) is 0 Å². The number of fused-ring (bicyclic) bond motifs is 1. The summed E-state index contributed by atoms with van der Waals surface area (Å²) in [6, 6.07) is 13.7. The molecule has 27 heavy (non-hydrogen) atoms. The number of sulfone groups is 1. The van der Waals surface area contributed by atoms with Gasteiger partial charge in [-0.3, -0.25) is 0 Å². The number of methoxy groups -OCH3 is 2. The van der Waals surface area contributed by atoms with Crippen LogP contribution in [0.2, 0.25) is 0 Å². The zero-order valence-electron chi connectivity index (χ0n) is 15.4. The van der Waals surface area contributed by atoms with Crippen LogP contribution in [-0.4, -0.2) is 38.9 Å². The summed E-state index contributed by atoms with van der Waals surface area (Å²) in [4.78, 5) is 12.6. The van der Waals surface area contributed by atoms with Crippen molar-refractivity contribution in [1.82, 2.24) is 4.57 Å². The predicted molar refractivity (Wildman–Crippen MR) is 103 cm³/mol. The number of rotatable bonds is 6. The van der Waals surface area contributed by atoms with Gasteiger partial charge in [-0.15, -0.1) is 0 Å². The lowest BCUT2D eigenvalue weighted by Gasteiger charge is -2.11. The number of esters is 1. The van der Waals surface area contributed by atoms with Gasteiger partial charge in [0.15, 0.2) is 9.84 Å². The average molecular weight is 387 g/mol. The van der Waals surface area contributed by atoms with Gasteiger partial charge in [-0.2, -0.15) is 0 Å². The lowest BCUT2D eigenvalue weighted by atomic mass is 10.1. The molecule has 142 valence electrons. The second kappa shape index (κ2) is 7.44. The molecular formula is C20H21NO5S. The monoisotopic (exact) mass is 387 g/mol. The first-order valence-electron chi connectivity index (χ1n) is 8.42. The van der Waals surface area contributed by atoms with E-state index in [-0.39, 0.29) is 17.2 Å². The summed E-state index contributed by atoms with van der Waals surface area (Å²) in [5.41, 5.74) is 1.83. The SMILES string of the molecule is COC(=O)c1c(C)c2ccc(OC)cc2n1CCS(=O)(=O)c1ccccc1. The highest BCUT2D eigenvalue weighted by Crippen LogP contribution is 2.30. The molecule has 0 amide bonds. The largest absolute Gasteiger partial charge is 0.497 e. The van der Waals surface area contributed by atoms with Gasteiger partial charge < -0.3 is 14.0 Å². The number of benzene rings is 2. The van der Waals surface area contributed by atoms with Crippen molar-refractivity contribution in [3.8, 4) is 5.75 Å². The van der Waals surface area contributed by atoms with Gasteiger partial charge in [0, 0.05) is 18.0 Å². The summed E-state index contributed by atoms with van der Waals surface area (Å²) in [5.74, 6) is -0.00935. The van der Waals surface area contributed by atoms with Crippen molar-refractivity contribution in [3.05, 3.63) is 59.8 Å². The van der Waals surface area contributed by atoms with E-state index in [4.69, 9.17) is 9.47 Å². The molecule has 0 aliphatic carbocycles. The van der Waals surface area contributed by atoms with Crippen molar-refractivity contribution < 1.29 is 22.7 Å². The maximum Gasteiger partial charge on any atom is 0.354 e. The Hall–Kier alpha value is -2.80. The molecule has 0 saturated heterocycles. The molecular weight excluding hydrogens is 366 g/mol. The summed E-state index contributed by atoms with van der Waals surface area (Å²) >= 11 is 0. The Morgan fingerprint density at radius 1 is 1.07 bits per heavy atom. The zero-order valence-corrected chi connectivity index (χ0v) is 16.2. The molecule has 0 aliphatic rings. The first-order valence-corrected chi connectivity index (χ1v) is 10.1. The fourth-order valence-corrected chi connectivity index (χ4v) is 4.41. The quantitative estimate of drug-likeness (QED) is 0.607. The molecule has 0 spiro atoms. The van der Waals surface area contributed by atoms with E-state index in [9.17, 15) is 13.2 Å². The Morgan fingerprint density at radius 2 is 1.78 bits per heavy atom. The molecule has 0 radical (unpaired) electrons. The van der Waals surface area contributed by atoms with Gasteiger partial charge in [0.2, 0.25) is 0 Å². The van der Waals surface area contributed by atoms with E-state index in [1.54, 1.807) is 54.1 Å². The summed E-state index contributed by atoms with van der Waals surface area (Å²) in [6.07, 6.45) is 0. The highest BCUT2D eigenvalue weighted by molar-refractivity contribution is 7.91. The molecule has 3 aromatic rings. The molecule has 0 aliphatic heterocycles. The first kappa shape index (κ1) is 19.0. The highest BCUT2D eigenvalue weighted by atomic mass is 32.2. The van der Waals surface area contributed by atoms with Crippen molar-refractivity contribution in [1.29, 1.82) is 0 Å². The Bertz CT molecular complexity index is 1080. The van der Waals surface area contributed by atoms with Crippen LogP contribution in [0.15, 0.2) is 53.4 Å². The van der Waals surface area contributed by atoms with Crippen LogP contribution in [0.4, 0.5) is 0 Å². The third-order valence-electron chi connectivity index (χ3n) is 4.59. The van der Waals surface area contributed by atoms with Crippen LogP contribution in [0.25, 0.3) is 10.9 Å². The molecule has 0 bridgehead atoms. The van der Waals surface area contributed by atoms with Gasteiger partial charge in [-0.05, 0) is 36.8 Å². The Balaban J connectivity index is 2.08. The van der Waals surface area contributed by atoms with Crippen LogP contribution >= 0.6 is 0 Å². The third-order valence-corrected chi connectivity index (χ3v) is 6.30. The van der Waals surface area contributed by atoms with E-state index >= 15 is 0 Å². The second-order valence-electron chi connectivity index (χ2n) is 6.13. The molecule has 0 fully saturated rings. The van der Waals surface area contributed by atoms with Crippen molar-refractivity contribution in [3.63, 3.8) is 0 Å². The van der Waals surface area contributed by atoms with E-state index < -0.39 is 15.8 Å². The molecule has 1 aromatic heterocycles. The number of hydrogen-bond donors (Lipinski definition) is 0. The summed E-state index contributed by atoms with van der Waals surface area (Å²) in [7, 11) is -0.618. The number of carbonyl (C=O) groups is 1. The van der Waals surface area contributed by atoms with Gasteiger partial charge in [-0.25, -0.2) is 13.2 Å². The van der Waals surface area contributed by atoms with Crippen molar-refractivity contribution in [2.24, 2.45) is 0 Å². The van der Waals surface area contributed by atoms with E-state index in [2.05, 4.69) is 0 Å². The highest BCUT2D eigenvalue weighted by Gasteiger charge is 2.23. The Kier molecular flexibility index (Phi) is 5.23. The van der Waals surface area contributed by atoms with Gasteiger partial charge in [0.1, 0.15) is 11.4 Å². The minimum Gasteiger partial charge on any atom is -0.497 e. The fraction of sp³-hybridized carbons (Fsp3) is 0.250. The van der Waals surface area contributed by atoms with Crippen LogP contribution < -0.4 is 4.74 Å². The van der Waals surface area contributed by atoms with Crippen LogP contribution in [0.5, 0.6) is 5.75 Å². The number of aryl methyl sites for hydroxylation is 2. The number of carbonyl (C=O) groups excluding carboxylic acids is 1. The summed E-state index contributed by atoms with van der Waals surface area (Å²) in [5, 5.41) is 0.855. The second-order valence-corrected chi connectivity index (χ2v) is 8.24. The number of ether oxygens (including phenoxy) is 2. The molecule has 1 heterocycles. The topological polar surface area (TPSA) is 74.6 Å². The van der Waals surface area contributed by atoms with Gasteiger partial charge in [-0.1, -0.05) is 18.2 Å². The van der Waals surface area contributed by atoms with E-state index in [1.165, 1.54) is 7.11 Å². The van der Waals surface area contributed by atoms with Gasteiger partial charge in [0.05, 0.1) is 30.4 Å². The number of hydrogen-bond acceptors (Lipinski definition) is 5. The number of nitrogens with zero attached hydrogens (tertiary/aromatic N) is 1. The molecule has 7 heteroatoms. The minimum absolute atomic E-state index is 0.124. The molecule has 0 atom stereocenters. The lowest BCUT2D eigenvalue weighted by molar-refractivity contribution is 0.0588. The van der Waals surface area contributed by atoms with Gasteiger partial charge >= 0.3 is 5.97 Å². The van der Waals surface area contributed by atoms with Crippen molar-refractivity contribution in [2.45, 2.75) is 18.4 Å². The maximum absolute atomic E-state index is 12.7. The number of aromatic nitrogens is 1. The van der Waals surface area contributed by atoms with E-state index in [1.807, 2.05) is 13.0 Å². The molecule has 3 rings (SSSR count). The van der Waals surface area contributed by atoms with Crippen LogP contribution in [-0.2, 0) is 21.1 Å². The molecule has 2 aromatic carbocycles. The van der Waals surface area contributed by atoms with Crippen molar-refractivity contribution in [2.75, 3.05) is 20.0 Å². The lowest BCUT2D eigenvalue weighted by Crippen LogP contribution is -2.18. The summed E-state index contributed by atoms with van der Waals surface area (Å²) in [6.45, 7) is 1.95. The van der Waals surface area contributed by atoms with Crippen LogP contribution in [0.1, 0.15) is 16.1 Å². The average Bonchev–Trinajstić information content (AvgIpc) is 2.97. The van der Waals surface area contributed by atoms with E-state index in [0.717, 1.165) is 16.5 Å². The van der Waals surface area contributed by atoms with E-state index in [0.29, 0.717) is 11.4 Å². The Labute approximate surface area is 158 Å². The predicted octanol–water partition coefficient (Wildman–Crippen LogP) is 3.22. The summed E-state index contributed by atoms with van der Waals surface area (Å²) < 4.78 is 37.2.